The molecule has 1 aromatic rings. The molecule has 1 N–H and O–H groups in total. The minimum atomic E-state index is -0.373. The summed E-state index contributed by atoms with van der Waals surface area (Å²) in [5.74, 6) is 0.442. The number of aryl methyl sites for hydroxylation is 1. The number of aromatic nitrogens is 2. The number of carbonyl (C=O) groups excluding carboxylic acids is 1. The molecule has 0 aliphatic carbocycles. The Hall–Kier alpha value is -1.49. The van der Waals surface area contributed by atoms with Crippen LogP contribution in [-0.4, -0.2) is 45.1 Å². The van der Waals surface area contributed by atoms with Crippen LogP contribution < -0.4 is 0 Å². The average Bonchev–Trinajstić information content (AvgIpc) is 2.12. The van der Waals surface area contributed by atoms with Gasteiger partial charge in [0.05, 0.1) is 6.10 Å². The van der Waals surface area contributed by atoms with E-state index in [0.717, 1.165) is 0 Å². The van der Waals surface area contributed by atoms with Crippen molar-refractivity contribution in [2.75, 3.05) is 13.1 Å². The highest BCUT2D eigenvalue weighted by molar-refractivity contribution is 5.92. The van der Waals surface area contributed by atoms with Crippen LogP contribution in [0.25, 0.3) is 0 Å². The normalized spacial score (nSPS) is 16.6. The number of hydrogen-bond acceptors (Lipinski definition) is 4. The maximum Gasteiger partial charge on any atom is 0.272 e. The first kappa shape index (κ1) is 9.08. The molecule has 5 nitrogen and oxygen atoms in total. The third-order valence-electron chi connectivity index (χ3n) is 2.14. The molecule has 1 fully saturated rings. The second-order valence-electron chi connectivity index (χ2n) is 3.35. The second-order valence-corrected chi connectivity index (χ2v) is 3.35. The zero-order chi connectivity index (χ0) is 10.1. The van der Waals surface area contributed by atoms with E-state index in [1.165, 1.54) is 0 Å². The smallest absolute Gasteiger partial charge is 0.272 e. The van der Waals surface area contributed by atoms with Gasteiger partial charge >= 0.3 is 0 Å². The van der Waals surface area contributed by atoms with E-state index < -0.39 is 0 Å². The van der Waals surface area contributed by atoms with Crippen LogP contribution in [0, 0.1) is 6.92 Å². The number of carbonyl (C=O) groups is 1. The van der Waals surface area contributed by atoms with Gasteiger partial charge in [-0.1, -0.05) is 0 Å². The predicted molar refractivity (Wildman–Crippen MR) is 48.7 cm³/mol. The number of amides is 1. The van der Waals surface area contributed by atoms with E-state index in [1.807, 2.05) is 0 Å². The molecule has 0 saturated carbocycles. The molecule has 0 bridgehead atoms. The highest BCUT2D eigenvalue weighted by Crippen LogP contribution is 2.11. The molecule has 0 unspecified atom stereocenters. The Kier molecular flexibility index (Phi) is 2.17. The van der Waals surface area contributed by atoms with Gasteiger partial charge in [-0.3, -0.25) is 4.79 Å². The molecular weight excluding hydrogens is 182 g/mol. The molecule has 1 aliphatic rings. The van der Waals surface area contributed by atoms with Gasteiger partial charge in [0.25, 0.3) is 5.91 Å². The number of β-amino-alcohol motifs (C(OH)–C–C–N with tert-alkyl or cyclic N) is 1. The van der Waals surface area contributed by atoms with Gasteiger partial charge in [0, 0.05) is 19.3 Å². The molecule has 0 spiro atoms. The summed E-state index contributed by atoms with van der Waals surface area (Å²) < 4.78 is 0. The van der Waals surface area contributed by atoms with E-state index in [0.29, 0.717) is 24.6 Å². The predicted octanol–water partition coefficient (Wildman–Crippen LogP) is -0.398. The third kappa shape index (κ3) is 1.58. The fourth-order valence-electron chi connectivity index (χ4n) is 1.36. The van der Waals surface area contributed by atoms with Gasteiger partial charge in [-0.05, 0) is 13.0 Å². The monoisotopic (exact) mass is 193 g/mol. The largest absolute Gasteiger partial charge is 0.389 e. The summed E-state index contributed by atoms with van der Waals surface area (Å²) in [5, 5.41) is 9.04. The molecule has 14 heavy (non-hydrogen) atoms. The first-order chi connectivity index (χ1) is 6.66. The van der Waals surface area contributed by atoms with Crippen molar-refractivity contribution in [1.82, 2.24) is 14.9 Å². The van der Waals surface area contributed by atoms with Gasteiger partial charge in [-0.2, -0.15) is 0 Å². The summed E-state index contributed by atoms with van der Waals surface area (Å²) in [5.41, 5.74) is 0.393. The standard InChI is InChI=1S/C9H11N3O2/c1-6-10-3-2-8(11-6)9(14)12-4-7(13)5-12/h2-3,7,13H,4-5H2,1H3. The van der Waals surface area contributed by atoms with Crippen molar-refractivity contribution in [3.63, 3.8) is 0 Å². The number of nitrogens with zero attached hydrogens (tertiary/aromatic N) is 3. The molecule has 1 aromatic heterocycles. The third-order valence-corrected chi connectivity index (χ3v) is 2.14. The number of aliphatic hydroxyl groups is 1. The minimum absolute atomic E-state index is 0.138. The molecule has 0 radical (unpaired) electrons. The maximum atomic E-state index is 11.6. The Morgan fingerprint density at radius 2 is 2.36 bits per heavy atom. The van der Waals surface area contributed by atoms with Crippen LogP contribution in [0.3, 0.4) is 0 Å². The summed E-state index contributed by atoms with van der Waals surface area (Å²) >= 11 is 0. The quantitative estimate of drug-likeness (QED) is 0.659. The van der Waals surface area contributed by atoms with Crippen molar-refractivity contribution in [2.45, 2.75) is 13.0 Å². The zero-order valence-corrected chi connectivity index (χ0v) is 7.84. The van der Waals surface area contributed by atoms with Crippen LogP contribution >= 0.6 is 0 Å². The lowest BCUT2D eigenvalue weighted by Crippen LogP contribution is -2.53. The molecule has 74 valence electrons. The Morgan fingerprint density at radius 3 is 2.93 bits per heavy atom. The summed E-state index contributed by atoms with van der Waals surface area (Å²) in [6, 6.07) is 1.58. The Bertz CT molecular complexity index is 361. The van der Waals surface area contributed by atoms with Crippen molar-refractivity contribution in [1.29, 1.82) is 0 Å². The van der Waals surface area contributed by atoms with Gasteiger partial charge in [0.15, 0.2) is 0 Å². The van der Waals surface area contributed by atoms with Crippen molar-refractivity contribution in [2.24, 2.45) is 0 Å². The molecule has 5 heteroatoms. The first-order valence-electron chi connectivity index (χ1n) is 4.44. The number of rotatable bonds is 1. The molecule has 1 aliphatic heterocycles. The summed E-state index contributed by atoms with van der Waals surface area (Å²) in [4.78, 5) is 21.1. The molecule has 0 aromatic carbocycles. The SMILES string of the molecule is Cc1nccc(C(=O)N2CC(O)C2)n1. The van der Waals surface area contributed by atoms with Gasteiger partial charge in [-0.25, -0.2) is 9.97 Å². The van der Waals surface area contributed by atoms with E-state index in [4.69, 9.17) is 5.11 Å². The van der Waals surface area contributed by atoms with Gasteiger partial charge in [-0.15, -0.1) is 0 Å². The van der Waals surface area contributed by atoms with E-state index in [9.17, 15) is 4.79 Å². The van der Waals surface area contributed by atoms with E-state index in [-0.39, 0.29) is 12.0 Å². The average molecular weight is 193 g/mol. The Labute approximate surface area is 81.4 Å². The van der Waals surface area contributed by atoms with Crippen molar-refractivity contribution in [3.05, 3.63) is 23.8 Å². The van der Waals surface area contributed by atoms with E-state index in [2.05, 4.69) is 9.97 Å². The Balaban J connectivity index is 2.12. The number of hydrogen-bond donors (Lipinski definition) is 1. The van der Waals surface area contributed by atoms with Crippen molar-refractivity contribution in [3.8, 4) is 0 Å². The molecule has 0 atom stereocenters. The molecule has 1 amide bonds. The van der Waals surface area contributed by atoms with E-state index in [1.54, 1.807) is 24.1 Å². The maximum absolute atomic E-state index is 11.6. The highest BCUT2D eigenvalue weighted by Gasteiger charge is 2.30. The first-order valence-corrected chi connectivity index (χ1v) is 4.44. The summed E-state index contributed by atoms with van der Waals surface area (Å²) in [6.45, 7) is 2.55. The molecule has 2 heterocycles. The van der Waals surface area contributed by atoms with Crippen molar-refractivity contribution < 1.29 is 9.90 Å². The van der Waals surface area contributed by atoms with Crippen LogP contribution in [-0.2, 0) is 0 Å². The molecular formula is C9H11N3O2. The lowest BCUT2D eigenvalue weighted by Gasteiger charge is -2.35. The minimum Gasteiger partial charge on any atom is -0.389 e. The summed E-state index contributed by atoms with van der Waals surface area (Å²) in [7, 11) is 0. The van der Waals surface area contributed by atoms with Crippen LogP contribution in [0.2, 0.25) is 0 Å². The van der Waals surface area contributed by atoms with E-state index >= 15 is 0 Å². The highest BCUT2D eigenvalue weighted by atomic mass is 16.3. The van der Waals surface area contributed by atoms with Crippen LogP contribution in [0.4, 0.5) is 0 Å². The van der Waals surface area contributed by atoms with Crippen LogP contribution in [0.15, 0.2) is 12.3 Å². The lowest BCUT2D eigenvalue weighted by molar-refractivity contribution is 0.00548. The fourth-order valence-corrected chi connectivity index (χ4v) is 1.36. The second kappa shape index (κ2) is 3.34. The van der Waals surface area contributed by atoms with Gasteiger partial charge in [0.2, 0.25) is 0 Å². The van der Waals surface area contributed by atoms with Gasteiger partial charge in [0.1, 0.15) is 11.5 Å². The van der Waals surface area contributed by atoms with Crippen molar-refractivity contribution >= 4 is 5.91 Å². The van der Waals surface area contributed by atoms with Crippen LogP contribution in [0.5, 0.6) is 0 Å². The zero-order valence-electron chi connectivity index (χ0n) is 7.84. The topological polar surface area (TPSA) is 66.3 Å². The fraction of sp³-hybridized carbons (Fsp3) is 0.444. The Morgan fingerprint density at radius 1 is 1.64 bits per heavy atom. The number of likely N-dealkylation sites (tertiary alicyclic amines) is 1. The number of aliphatic hydroxyl groups excluding tert-OH is 1. The van der Waals surface area contributed by atoms with Gasteiger partial charge < -0.3 is 10.0 Å². The lowest BCUT2D eigenvalue weighted by atomic mass is 10.1. The molecule has 2 rings (SSSR count). The van der Waals surface area contributed by atoms with Crippen LogP contribution in [0.1, 0.15) is 16.3 Å². The summed E-state index contributed by atoms with van der Waals surface area (Å²) in [6.07, 6.45) is 1.19. The molecule has 1 saturated heterocycles.